The van der Waals surface area contributed by atoms with E-state index in [1.54, 1.807) is 39.8 Å². The number of hydrogen-bond donors (Lipinski definition) is 3. The molecule has 1 aliphatic rings. The minimum absolute atomic E-state index is 0.152. The Morgan fingerprint density at radius 1 is 1.27 bits per heavy atom. The molecule has 4 N–H and O–H groups in total. The topological polar surface area (TPSA) is 111 Å². The van der Waals surface area contributed by atoms with Crippen molar-refractivity contribution in [1.82, 2.24) is 4.72 Å². The number of amides is 1. The number of carbonyl (C=O) groups is 1. The molecule has 1 amide bonds. The summed E-state index contributed by atoms with van der Waals surface area (Å²) in [6.45, 7) is 8.28. The molecule has 0 radical (unpaired) electrons. The molecular formula is C18H29N3O4S. The predicted octanol–water partition coefficient (Wildman–Crippen LogP) is 1.77. The van der Waals surface area contributed by atoms with Crippen molar-refractivity contribution in [3.63, 3.8) is 0 Å². The van der Waals surface area contributed by atoms with Crippen LogP contribution in [0.2, 0.25) is 0 Å². The zero-order valence-corrected chi connectivity index (χ0v) is 16.7. The molecular weight excluding hydrogens is 354 g/mol. The maximum atomic E-state index is 12.8. The molecule has 26 heavy (non-hydrogen) atoms. The SMILES string of the molecule is Cc1ccc(NC(=O)C2(CN)CCOCC2)cc1S(=O)(=O)NC(C)(C)C. The van der Waals surface area contributed by atoms with Crippen molar-refractivity contribution in [2.24, 2.45) is 11.1 Å². The molecule has 7 nitrogen and oxygen atoms in total. The lowest BCUT2D eigenvalue weighted by Gasteiger charge is -2.34. The fourth-order valence-electron chi connectivity index (χ4n) is 2.98. The highest BCUT2D eigenvalue weighted by Gasteiger charge is 2.39. The highest BCUT2D eigenvalue weighted by Crippen LogP contribution is 2.31. The van der Waals surface area contributed by atoms with Gasteiger partial charge in [0.25, 0.3) is 0 Å². The van der Waals surface area contributed by atoms with Crippen LogP contribution >= 0.6 is 0 Å². The summed E-state index contributed by atoms with van der Waals surface area (Å²) in [6, 6.07) is 4.88. The number of benzene rings is 1. The number of nitrogens with one attached hydrogen (secondary N) is 2. The Kier molecular flexibility index (Phi) is 6.12. The lowest BCUT2D eigenvalue weighted by Crippen LogP contribution is -2.46. The Labute approximate surface area is 155 Å². The van der Waals surface area contributed by atoms with Gasteiger partial charge in [-0.05, 0) is 58.2 Å². The van der Waals surface area contributed by atoms with Crippen molar-refractivity contribution in [1.29, 1.82) is 0 Å². The van der Waals surface area contributed by atoms with Gasteiger partial charge < -0.3 is 15.8 Å². The van der Waals surface area contributed by atoms with Crippen molar-refractivity contribution in [2.75, 3.05) is 25.1 Å². The van der Waals surface area contributed by atoms with Crippen molar-refractivity contribution in [2.45, 2.75) is 51.0 Å². The molecule has 1 saturated heterocycles. The van der Waals surface area contributed by atoms with Gasteiger partial charge in [0.2, 0.25) is 15.9 Å². The van der Waals surface area contributed by atoms with Crippen LogP contribution in [-0.4, -0.2) is 39.6 Å². The van der Waals surface area contributed by atoms with Gasteiger partial charge >= 0.3 is 0 Å². The van der Waals surface area contributed by atoms with E-state index in [9.17, 15) is 13.2 Å². The van der Waals surface area contributed by atoms with Gasteiger partial charge in [-0.25, -0.2) is 13.1 Å². The van der Waals surface area contributed by atoms with E-state index in [2.05, 4.69) is 10.0 Å². The van der Waals surface area contributed by atoms with Crippen LogP contribution in [0.15, 0.2) is 23.1 Å². The minimum atomic E-state index is -3.70. The van der Waals surface area contributed by atoms with Crippen LogP contribution in [0.4, 0.5) is 5.69 Å². The quantitative estimate of drug-likeness (QED) is 0.718. The molecule has 0 aromatic heterocycles. The summed E-state index contributed by atoms with van der Waals surface area (Å²) in [6.07, 6.45) is 1.11. The number of sulfonamides is 1. The molecule has 0 atom stereocenters. The van der Waals surface area contributed by atoms with Gasteiger partial charge in [0.1, 0.15) is 0 Å². The molecule has 0 unspecified atom stereocenters. The van der Waals surface area contributed by atoms with Gasteiger partial charge in [0.05, 0.1) is 10.3 Å². The van der Waals surface area contributed by atoms with Gasteiger partial charge in [-0.1, -0.05) is 6.07 Å². The number of anilines is 1. The molecule has 2 rings (SSSR count). The Hall–Kier alpha value is -1.48. The average molecular weight is 384 g/mol. The van der Waals surface area contributed by atoms with E-state index in [0.717, 1.165) is 0 Å². The molecule has 1 fully saturated rings. The Morgan fingerprint density at radius 2 is 1.88 bits per heavy atom. The summed E-state index contributed by atoms with van der Waals surface area (Å²) in [5, 5.41) is 2.84. The summed E-state index contributed by atoms with van der Waals surface area (Å²) < 4.78 is 33.3. The van der Waals surface area contributed by atoms with Crippen molar-refractivity contribution < 1.29 is 17.9 Å². The molecule has 1 aromatic rings. The summed E-state index contributed by atoms with van der Waals surface area (Å²) in [5.74, 6) is -0.195. The number of aryl methyl sites for hydroxylation is 1. The van der Waals surface area contributed by atoms with Crippen LogP contribution < -0.4 is 15.8 Å². The smallest absolute Gasteiger partial charge is 0.241 e. The zero-order chi connectivity index (χ0) is 19.6. The maximum absolute atomic E-state index is 12.8. The zero-order valence-electron chi connectivity index (χ0n) is 15.9. The Bertz CT molecular complexity index is 763. The van der Waals surface area contributed by atoms with E-state index < -0.39 is 21.0 Å². The van der Waals surface area contributed by atoms with Gasteiger partial charge in [-0.2, -0.15) is 0 Å². The highest BCUT2D eigenvalue weighted by atomic mass is 32.2. The van der Waals surface area contributed by atoms with E-state index >= 15 is 0 Å². The van der Waals surface area contributed by atoms with Crippen molar-refractivity contribution in [3.8, 4) is 0 Å². The number of nitrogens with two attached hydrogens (primary N) is 1. The second kappa shape index (κ2) is 7.64. The Morgan fingerprint density at radius 3 is 2.42 bits per heavy atom. The number of carbonyl (C=O) groups excluding carboxylic acids is 1. The summed E-state index contributed by atoms with van der Waals surface area (Å²) in [4.78, 5) is 12.9. The van der Waals surface area contributed by atoms with Crippen LogP contribution in [0.1, 0.15) is 39.2 Å². The molecule has 0 spiro atoms. The van der Waals surface area contributed by atoms with Gasteiger partial charge in [0, 0.05) is 31.0 Å². The van der Waals surface area contributed by atoms with E-state index in [-0.39, 0.29) is 17.3 Å². The molecule has 1 aromatic carbocycles. The van der Waals surface area contributed by atoms with Crippen LogP contribution in [0, 0.1) is 12.3 Å². The third kappa shape index (κ3) is 4.82. The van der Waals surface area contributed by atoms with Crippen LogP contribution in [-0.2, 0) is 19.6 Å². The first-order valence-corrected chi connectivity index (χ1v) is 10.2. The highest BCUT2D eigenvalue weighted by molar-refractivity contribution is 7.89. The average Bonchev–Trinajstić information content (AvgIpc) is 2.54. The van der Waals surface area contributed by atoms with Crippen molar-refractivity contribution >= 4 is 21.6 Å². The van der Waals surface area contributed by atoms with E-state index in [0.29, 0.717) is 37.3 Å². The summed E-state index contributed by atoms with van der Waals surface area (Å²) in [7, 11) is -3.70. The second-order valence-corrected chi connectivity index (χ2v) is 9.54. The van der Waals surface area contributed by atoms with Gasteiger partial charge in [-0.15, -0.1) is 0 Å². The first kappa shape index (κ1) is 20.8. The largest absolute Gasteiger partial charge is 0.381 e. The van der Waals surface area contributed by atoms with Gasteiger partial charge in [-0.3, -0.25) is 4.79 Å². The Balaban J connectivity index is 2.28. The number of hydrogen-bond acceptors (Lipinski definition) is 5. The molecule has 1 aliphatic heterocycles. The third-order valence-electron chi connectivity index (χ3n) is 4.50. The van der Waals surface area contributed by atoms with Crippen LogP contribution in [0.5, 0.6) is 0 Å². The molecule has 1 heterocycles. The maximum Gasteiger partial charge on any atom is 0.241 e. The van der Waals surface area contributed by atoms with E-state index in [1.165, 1.54) is 6.07 Å². The van der Waals surface area contributed by atoms with E-state index in [4.69, 9.17) is 10.5 Å². The predicted molar refractivity (Wildman–Crippen MR) is 101 cm³/mol. The van der Waals surface area contributed by atoms with Crippen LogP contribution in [0.3, 0.4) is 0 Å². The first-order chi connectivity index (χ1) is 12.0. The monoisotopic (exact) mass is 383 g/mol. The molecule has 0 saturated carbocycles. The fourth-order valence-corrected chi connectivity index (χ4v) is 4.67. The van der Waals surface area contributed by atoms with E-state index in [1.807, 2.05) is 0 Å². The van der Waals surface area contributed by atoms with Crippen molar-refractivity contribution in [3.05, 3.63) is 23.8 Å². The fraction of sp³-hybridized carbons (Fsp3) is 0.611. The minimum Gasteiger partial charge on any atom is -0.381 e. The third-order valence-corrected chi connectivity index (χ3v) is 6.40. The molecule has 8 heteroatoms. The normalized spacial score (nSPS) is 17.7. The molecule has 146 valence electrons. The second-order valence-electron chi connectivity index (χ2n) is 7.89. The first-order valence-electron chi connectivity index (χ1n) is 8.73. The van der Waals surface area contributed by atoms with Gasteiger partial charge in [0.15, 0.2) is 0 Å². The lowest BCUT2D eigenvalue weighted by atomic mass is 9.79. The number of rotatable bonds is 5. The van der Waals surface area contributed by atoms with Crippen LogP contribution in [0.25, 0.3) is 0 Å². The molecule has 0 bridgehead atoms. The number of ether oxygens (including phenoxy) is 1. The summed E-state index contributed by atoms with van der Waals surface area (Å²) >= 11 is 0. The lowest BCUT2D eigenvalue weighted by molar-refractivity contribution is -0.130. The molecule has 0 aliphatic carbocycles. The summed E-state index contributed by atoms with van der Waals surface area (Å²) in [5.41, 5.74) is 5.64. The standard InChI is InChI=1S/C18H29N3O4S/c1-13-5-6-14(11-15(13)26(23,24)21-17(2,3)4)20-16(22)18(12-19)7-9-25-10-8-18/h5-6,11,21H,7-10,12,19H2,1-4H3,(H,20,22).